The van der Waals surface area contributed by atoms with Crippen LogP contribution in [0.2, 0.25) is 5.02 Å². The Labute approximate surface area is 118 Å². The quantitative estimate of drug-likeness (QED) is 0.884. The molecule has 1 amide bonds. The molecule has 0 aliphatic heterocycles. The van der Waals surface area contributed by atoms with E-state index in [9.17, 15) is 4.79 Å². The number of anilines is 1. The van der Waals surface area contributed by atoms with E-state index in [4.69, 9.17) is 23.2 Å². The molecule has 1 heterocycles. The molecule has 94 valence electrons. The van der Waals surface area contributed by atoms with Gasteiger partial charge in [-0.25, -0.2) is 0 Å². The van der Waals surface area contributed by atoms with Gasteiger partial charge < -0.3 is 0 Å². The van der Waals surface area contributed by atoms with E-state index < -0.39 is 5.38 Å². The largest absolute Gasteiger partial charge is 0.299 e. The van der Waals surface area contributed by atoms with Crippen LogP contribution < -0.4 is 5.32 Å². The number of rotatable bonds is 3. The molecule has 4 nitrogen and oxygen atoms in total. The topological polar surface area (TPSA) is 54.9 Å². The summed E-state index contributed by atoms with van der Waals surface area (Å²) in [6, 6.07) is 7.24. The smallest absolute Gasteiger partial charge is 0.243 e. The summed E-state index contributed by atoms with van der Waals surface area (Å²) in [6.07, 6.45) is 0. The molecule has 7 heteroatoms. The van der Waals surface area contributed by atoms with Gasteiger partial charge in [-0.2, -0.15) is 0 Å². The standard InChI is InChI=1S/C11H9Cl2N3OS/c1-6(12)9(17)14-11-16-15-10(18-11)7-2-4-8(13)5-3-7/h2-6H,1H3,(H,14,16,17)/t6-/m1/s1. The number of halogens is 2. The summed E-state index contributed by atoms with van der Waals surface area (Å²) < 4.78 is 0. The Bertz CT molecular complexity index is 554. The van der Waals surface area contributed by atoms with Crippen molar-refractivity contribution in [2.45, 2.75) is 12.3 Å². The van der Waals surface area contributed by atoms with E-state index in [0.29, 0.717) is 15.2 Å². The molecule has 1 atom stereocenters. The molecular formula is C11H9Cl2N3OS. The number of hydrogen-bond donors (Lipinski definition) is 1. The fourth-order valence-corrected chi connectivity index (χ4v) is 2.12. The number of amides is 1. The normalized spacial score (nSPS) is 12.2. The van der Waals surface area contributed by atoms with Gasteiger partial charge in [0.05, 0.1) is 0 Å². The number of alkyl halides is 1. The molecular weight excluding hydrogens is 293 g/mol. The second-order valence-electron chi connectivity index (χ2n) is 3.52. The molecule has 0 spiro atoms. The van der Waals surface area contributed by atoms with E-state index in [0.717, 1.165) is 5.56 Å². The van der Waals surface area contributed by atoms with E-state index in [1.165, 1.54) is 11.3 Å². The average molecular weight is 302 g/mol. The number of nitrogens with zero attached hydrogens (tertiary/aromatic N) is 2. The van der Waals surface area contributed by atoms with E-state index in [-0.39, 0.29) is 5.91 Å². The first-order chi connectivity index (χ1) is 8.56. The zero-order valence-corrected chi connectivity index (χ0v) is 11.7. The summed E-state index contributed by atoms with van der Waals surface area (Å²) in [5.74, 6) is -0.296. The van der Waals surface area contributed by atoms with Crippen molar-refractivity contribution < 1.29 is 4.79 Å². The molecule has 1 N–H and O–H groups in total. The first-order valence-corrected chi connectivity index (χ1v) is 6.74. The third-order valence-corrected chi connectivity index (χ3v) is 3.45. The summed E-state index contributed by atoms with van der Waals surface area (Å²) >= 11 is 12.7. The van der Waals surface area contributed by atoms with E-state index in [2.05, 4.69) is 15.5 Å². The summed E-state index contributed by atoms with van der Waals surface area (Å²) in [6.45, 7) is 1.60. The van der Waals surface area contributed by atoms with Crippen molar-refractivity contribution in [2.24, 2.45) is 0 Å². The van der Waals surface area contributed by atoms with Crippen LogP contribution >= 0.6 is 34.5 Å². The lowest BCUT2D eigenvalue weighted by Crippen LogP contribution is -2.20. The third-order valence-electron chi connectivity index (χ3n) is 2.11. The van der Waals surface area contributed by atoms with Crippen molar-refractivity contribution in [3.63, 3.8) is 0 Å². The van der Waals surface area contributed by atoms with Gasteiger partial charge in [-0.05, 0) is 19.1 Å². The summed E-state index contributed by atoms with van der Waals surface area (Å²) in [7, 11) is 0. The minimum absolute atomic E-state index is 0.296. The van der Waals surface area contributed by atoms with Crippen LogP contribution in [0.1, 0.15) is 6.92 Å². The molecule has 0 unspecified atom stereocenters. The van der Waals surface area contributed by atoms with Gasteiger partial charge in [-0.3, -0.25) is 10.1 Å². The highest BCUT2D eigenvalue weighted by molar-refractivity contribution is 7.18. The fraction of sp³-hybridized carbons (Fsp3) is 0.182. The monoisotopic (exact) mass is 301 g/mol. The van der Waals surface area contributed by atoms with Crippen LogP contribution in [0.3, 0.4) is 0 Å². The number of carbonyl (C=O) groups is 1. The number of benzene rings is 1. The molecule has 0 fully saturated rings. The van der Waals surface area contributed by atoms with Crippen LogP contribution in [0.25, 0.3) is 10.6 Å². The first kappa shape index (κ1) is 13.3. The predicted octanol–water partition coefficient (Wildman–Crippen LogP) is 3.42. The van der Waals surface area contributed by atoms with E-state index >= 15 is 0 Å². The zero-order chi connectivity index (χ0) is 13.1. The highest BCUT2D eigenvalue weighted by Gasteiger charge is 2.13. The maximum absolute atomic E-state index is 11.4. The number of aromatic nitrogens is 2. The SMILES string of the molecule is C[C@@H](Cl)C(=O)Nc1nnc(-c2ccc(Cl)cc2)s1. The maximum Gasteiger partial charge on any atom is 0.243 e. The Kier molecular flexibility index (Phi) is 4.16. The number of hydrogen-bond acceptors (Lipinski definition) is 4. The molecule has 1 aromatic carbocycles. The lowest BCUT2D eigenvalue weighted by atomic mass is 10.2. The lowest BCUT2D eigenvalue weighted by Gasteiger charge is -2.00. The predicted molar refractivity (Wildman–Crippen MR) is 74.3 cm³/mol. The molecule has 18 heavy (non-hydrogen) atoms. The van der Waals surface area contributed by atoms with Gasteiger partial charge in [0.1, 0.15) is 10.4 Å². The van der Waals surface area contributed by atoms with Gasteiger partial charge in [0.2, 0.25) is 11.0 Å². The Balaban J connectivity index is 2.15. The van der Waals surface area contributed by atoms with Gasteiger partial charge in [0.15, 0.2) is 0 Å². The van der Waals surface area contributed by atoms with Gasteiger partial charge >= 0.3 is 0 Å². The molecule has 0 radical (unpaired) electrons. The van der Waals surface area contributed by atoms with Gasteiger partial charge in [-0.15, -0.1) is 21.8 Å². The molecule has 2 rings (SSSR count). The van der Waals surface area contributed by atoms with Gasteiger partial charge in [0.25, 0.3) is 0 Å². The first-order valence-electron chi connectivity index (χ1n) is 5.10. The van der Waals surface area contributed by atoms with E-state index in [1.807, 2.05) is 12.1 Å². The Morgan fingerprint density at radius 3 is 2.61 bits per heavy atom. The van der Waals surface area contributed by atoms with Crippen molar-refractivity contribution in [2.75, 3.05) is 5.32 Å². The van der Waals surface area contributed by atoms with Gasteiger partial charge in [0, 0.05) is 10.6 Å². The summed E-state index contributed by atoms with van der Waals surface area (Å²) in [4.78, 5) is 11.4. The second-order valence-corrected chi connectivity index (χ2v) is 5.59. The molecule has 0 saturated carbocycles. The Hall–Kier alpha value is -1.17. The number of carbonyl (C=O) groups excluding carboxylic acids is 1. The van der Waals surface area contributed by atoms with E-state index in [1.54, 1.807) is 19.1 Å². The number of nitrogens with one attached hydrogen (secondary N) is 1. The van der Waals surface area contributed by atoms with Crippen molar-refractivity contribution >= 4 is 45.6 Å². The van der Waals surface area contributed by atoms with Crippen LogP contribution in [-0.4, -0.2) is 21.5 Å². The molecule has 0 aliphatic carbocycles. The van der Waals surface area contributed by atoms with Crippen LogP contribution in [0, 0.1) is 0 Å². The van der Waals surface area contributed by atoms with Crippen molar-refractivity contribution in [3.05, 3.63) is 29.3 Å². The van der Waals surface area contributed by atoms with Crippen molar-refractivity contribution in [1.29, 1.82) is 0 Å². The van der Waals surface area contributed by atoms with Crippen LogP contribution in [0.5, 0.6) is 0 Å². The van der Waals surface area contributed by atoms with Crippen molar-refractivity contribution in [3.8, 4) is 10.6 Å². The van der Waals surface area contributed by atoms with Crippen LogP contribution in [0.15, 0.2) is 24.3 Å². The Morgan fingerprint density at radius 2 is 2.00 bits per heavy atom. The molecule has 1 aromatic heterocycles. The van der Waals surface area contributed by atoms with Crippen molar-refractivity contribution in [1.82, 2.24) is 10.2 Å². The average Bonchev–Trinajstić information content (AvgIpc) is 2.78. The lowest BCUT2D eigenvalue weighted by molar-refractivity contribution is -0.115. The van der Waals surface area contributed by atoms with Crippen LogP contribution in [-0.2, 0) is 4.79 Å². The Morgan fingerprint density at radius 1 is 1.33 bits per heavy atom. The highest BCUT2D eigenvalue weighted by atomic mass is 35.5. The highest BCUT2D eigenvalue weighted by Crippen LogP contribution is 2.27. The fourth-order valence-electron chi connectivity index (χ4n) is 1.19. The molecule has 0 saturated heterocycles. The van der Waals surface area contributed by atoms with Gasteiger partial charge in [-0.1, -0.05) is 35.1 Å². The molecule has 2 aromatic rings. The summed E-state index contributed by atoms with van der Waals surface area (Å²) in [5, 5.41) is 11.7. The maximum atomic E-state index is 11.4. The summed E-state index contributed by atoms with van der Waals surface area (Å²) in [5.41, 5.74) is 0.899. The second kappa shape index (κ2) is 5.65. The molecule has 0 bridgehead atoms. The zero-order valence-electron chi connectivity index (χ0n) is 9.35. The van der Waals surface area contributed by atoms with Crippen LogP contribution in [0.4, 0.5) is 5.13 Å². The minimum atomic E-state index is -0.604. The minimum Gasteiger partial charge on any atom is -0.299 e. The molecule has 0 aliphatic rings. The third kappa shape index (κ3) is 3.19.